The van der Waals surface area contributed by atoms with Crippen molar-refractivity contribution < 1.29 is 9.90 Å². The quantitative estimate of drug-likeness (QED) is 0.761. The predicted molar refractivity (Wildman–Crippen MR) is 86.2 cm³/mol. The minimum atomic E-state index is 0.0260. The Morgan fingerprint density at radius 1 is 1.50 bits per heavy atom. The highest BCUT2D eigenvalue weighted by molar-refractivity contribution is 7.99. The van der Waals surface area contributed by atoms with Crippen molar-refractivity contribution in [2.75, 3.05) is 18.9 Å². The molecule has 114 valence electrons. The van der Waals surface area contributed by atoms with Gasteiger partial charge in [0.1, 0.15) is 0 Å². The lowest BCUT2D eigenvalue weighted by atomic mass is 10.1. The molecule has 4 nitrogen and oxygen atoms in total. The first-order chi connectivity index (χ1) is 9.62. The van der Waals surface area contributed by atoms with E-state index in [1.165, 1.54) is 0 Å². The number of thioether (sulfide) groups is 1. The van der Waals surface area contributed by atoms with E-state index in [-0.39, 0.29) is 18.6 Å². The lowest BCUT2D eigenvalue weighted by Crippen LogP contribution is -2.42. The maximum absolute atomic E-state index is 12.3. The molecule has 0 aromatic carbocycles. The number of aryl methyl sites for hydroxylation is 1. The largest absolute Gasteiger partial charge is 0.395 e. The number of nitrogens with zero attached hydrogens (tertiary/aromatic N) is 2. The Morgan fingerprint density at radius 3 is 2.70 bits per heavy atom. The minimum absolute atomic E-state index is 0.0260. The van der Waals surface area contributed by atoms with E-state index in [4.69, 9.17) is 5.11 Å². The van der Waals surface area contributed by atoms with Gasteiger partial charge in [0.05, 0.1) is 23.1 Å². The minimum Gasteiger partial charge on any atom is -0.395 e. The van der Waals surface area contributed by atoms with Crippen LogP contribution in [0.25, 0.3) is 0 Å². The maximum atomic E-state index is 12.3. The number of carbonyl (C=O) groups excluding carboxylic acids is 1. The molecule has 0 atom stereocenters. The van der Waals surface area contributed by atoms with Crippen LogP contribution in [-0.2, 0) is 10.5 Å². The van der Waals surface area contributed by atoms with E-state index in [9.17, 15) is 4.79 Å². The first-order valence-electron chi connectivity index (χ1n) is 7.01. The van der Waals surface area contributed by atoms with Gasteiger partial charge in [0.15, 0.2) is 0 Å². The average molecular weight is 316 g/mol. The zero-order valence-corrected chi connectivity index (χ0v) is 14.1. The van der Waals surface area contributed by atoms with E-state index >= 15 is 0 Å². The number of hydrogen-bond acceptors (Lipinski definition) is 5. The van der Waals surface area contributed by atoms with Gasteiger partial charge in [-0.2, -0.15) is 0 Å². The molecule has 0 unspecified atom stereocenters. The number of aliphatic hydroxyl groups excluding tert-OH is 1. The molecule has 0 spiro atoms. The molecule has 1 amide bonds. The summed E-state index contributed by atoms with van der Waals surface area (Å²) in [7, 11) is 0. The second-order valence-corrected chi connectivity index (χ2v) is 6.68. The lowest BCUT2D eigenvalue weighted by molar-refractivity contribution is -0.131. The average Bonchev–Trinajstić information content (AvgIpc) is 2.84. The SMILES string of the molecule is CCC(CC)N(CCO)C(=O)CSCc1csc(C)n1. The van der Waals surface area contributed by atoms with Crippen LogP contribution in [-0.4, -0.2) is 45.8 Å². The van der Waals surface area contributed by atoms with Crippen molar-refractivity contribution in [3.63, 3.8) is 0 Å². The Labute approximate surface area is 129 Å². The van der Waals surface area contributed by atoms with E-state index in [1.54, 1.807) is 23.1 Å². The van der Waals surface area contributed by atoms with Crippen LogP contribution >= 0.6 is 23.1 Å². The number of hydrogen-bond donors (Lipinski definition) is 1. The fraction of sp³-hybridized carbons (Fsp3) is 0.714. The van der Waals surface area contributed by atoms with E-state index < -0.39 is 0 Å². The van der Waals surface area contributed by atoms with Crippen molar-refractivity contribution in [2.45, 2.75) is 45.4 Å². The Bertz CT molecular complexity index is 406. The van der Waals surface area contributed by atoms with Crippen LogP contribution in [0.3, 0.4) is 0 Å². The molecular weight excluding hydrogens is 292 g/mol. The maximum Gasteiger partial charge on any atom is 0.232 e. The summed E-state index contributed by atoms with van der Waals surface area (Å²) in [6, 6.07) is 0.233. The highest BCUT2D eigenvalue weighted by Crippen LogP contribution is 2.17. The molecule has 0 radical (unpaired) electrons. The number of amides is 1. The Hall–Kier alpha value is -0.590. The third kappa shape index (κ3) is 5.42. The molecule has 1 aromatic heterocycles. The topological polar surface area (TPSA) is 53.4 Å². The van der Waals surface area contributed by atoms with E-state index in [0.717, 1.165) is 29.3 Å². The van der Waals surface area contributed by atoms with Gasteiger partial charge in [0, 0.05) is 23.7 Å². The molecule has 0 fully saturated rings. The van der Waals surface area contributed by atoms with Crippen molar-refractivity contribution in [3.05, 3.63) is 16.1 Å². The molecule has 0 bridgehead atoms. The molecule has 6 heteroatoms. The standard InChI is InChI=1S/C14H24N2O2S2/c1-4-13(5-2)16(6-7-17)14(18)10-19-8-12-9-20-11(3)15-12/h9,13,17H,4-8,10H2,1-3H3. The highest BCUT2D eigenvalue weighted by Gasteiger charge is 2.20. The summed E-state index contributed by atoms with van der Waals surface area (Å²) < 4.78 is 0. The summed E-state index contributed by atoms with van der Waals surface area (Å²) in [5, 5.41) is 12.2. The van der Waals surface area contributed by atoms with Gasteiger partial charge in [-0.15, -0.1) is 23.1 Å². The summed E-state index contributed by atoms with van der Waals surface area (Å²) in [5.41, 5.74) is 1.04. The van der Waals surface area contributed by atoms with E-state index in [2.05, 4.69) is 18.8 Å². The van der Waals surface area contributed by atoms with Gasteiger partial charge >= 0.3 is 0 Å². The molecule has 1 rings (SSSR count). The van der Waals surface area contributed by atoms with Crippen molar-refractivity contribution in [1.29, 1.82) is 0 Å². The van der Waals surface area contributed by atoms with E-state index in [0.29, 0.717) is 12.3 Å². The highest BCUT2D eigenvalue weighted by atomic mass is 32.2. The van der Waals surface area contributed by atoms with Crippen molar-refractivity contribution in [2.24, 2.45) is 0 Å². The monoisotopic (exact) mass is 316 g/mol. The molecule has 1 N–H and O–H groups in total. The summed E-state index contributed by atoms with van der Waals surface area (Å²) in [4.78, 5) is 18.5. The summed E-state index contributed by atoms with van der Waals surface area (Å²) in [5.74, 6) is 1.34. The molecule has 0 saturated heterocycles. The number of aromatic nitrogens is 1. The molecule has 0 aliphatic rings. The molecule has 1 heterocycles. The molecular formula is C14H24N2O2S2. The van der Waals surface area contributed by atoms with Gasteiger partial charge in [0.25, 0.3) is 0 Å². The summed E-state index contributed by atoms with van der Waals surface area (Å²) >= 11 is 3.23. The second-order valence-electron chi connectivity index (χ2n) is 4.63. The number of carbonyl (C=O) groups is 1. The van der Waals surface area contributed by atoms with E-state index in [1.807, 2.05) is 17.2 Å². The molecule has 0 aliphatic carbocycles. The van der Waals surface area contributed by atoms with Gasteiger partial charge in [0.2, 0.25) is 5.91 Å². The summed E-state index contributed by atoms with van der Waals surface area (Å²) in [6.45, 7) is 6.60. The van der Waals surface area contributed by atoms with Gasteiger partial charge in [-0.1, -0.05) is 13.8 Å². The smallest absolute Gasteiger partial charge is 0.232 e. The van der Waals surface area contributed by atoms with Gasteiger partial charge in [-0.3, -0.25) is 4.79 Å². The van der Waals surface area contributed by atoms with Crippen molar-refractivity contribution in [3.8, 4) is 0 Å². The van der Waals surface area contributed by atoms with Crippen LogP contribution in [0.15, 0.2) is 5.38 Å². The van der Waals surface area contributed by atoms with Crippen LogP contribution in [0.5, 0.6) is 0 Å². The molecule has 0 saturated carbocycles. The third-order valence-electron chi connectivity index (χ3n) is 3.19. The first-order valence-corrected chi connectivity index (χ1v) is 9.04. The fourth-order valence-corrected chi connectivity index (χ4v) is 3.67. The second kappa shape index (κ2) is 9.37. The number of rotatable bonds is 9. The van der Waals surface area contributed by atoms with Crippen LogP contribution in [0, 0.1) is 6.92 Å². The first kappa shape index (κ1) is 17.5. The molecule has 0 aliphatic heterocycles. The Morgan fingerprint density at radius 2 is 2.20 bits per heavy atom. The van der Waals surface area contributed by atoms with Crippen LogP contribution in [0.1, 0.15) is 37.4 Å². The summed E-state index contributed by atoms with van der Waals surface area (Å²) in [6.07, 6.45) is 1.86. The van der Waals surface area contributed by atoms with Gasteiger partial charge in [-0.05, 0) is 19.8 Å². The van der Waals surface area contributed by atoms with Crippen LogP contribution in [0.4, 0.5) is 0 Å². The predicted octanol–water partition coefficient (Wildman–Crippen LogP) is 2.69. The van der Waals surface area contributed by atoms with Crippen LogP contribution in [0.2, 0.25) is 0 Å². The van der Waals surface area contributed by atoms with Crippen LogP contribution < -0.4 is 0 Å². The lowest BCUT2D eigenvalue weighted by Gasteiger charge is -2.30. The Balaban J connectivity index is 2.45. The third-order valence-corrected chi connectivity index (χ3v) is 4.96. The van der Waals surface area contributed by atoms with Crippen molar-refractivity contribution in [1.82, 2.24) is 9.88 Å². The number of thiazole rings is 1. The Kier molecular flexibility index (Phi) is 8.18. The zero-order valence-electron chi connectivity index (χ0n) is 12.5. The molecule has 20 heavy (non-hydrogen) atoms. The normalized spacial score (nSPS) is 11.1. The van der Waals surface area contributed by atoms with Gasteiger partial charge in [-0.25, -0.2) is 4.98 Å². The molecule has 1 aromatic rings. The van der Waals surface area contributed by atoms with Gasteiger partial charge < -0.3 is 10.0 Å². The number of aliphatic hydroxyl groups is 1. The fourth-order valence-electron chi connectivity index (χ4n) is 2.15. The zero-order chi connectivity index (χ0) is 15.0. The van der Waals surface area contributed by atoms with Crippen molar-refractivity contribution >= 4 is 29.0 Å².